The van der Waals surface area contributed by atoms with E-state index in [4.69, 9.17) is 0 Å². The van der Waals surface area contributed by atoms with Gasteiger partial charge in [0.15, 0.2) is 0 Å². The minimum atomic E-state index is 0.638. The summed E-state index contributed by atoms with van der Waals surface area (Å²) >= 11 is 0. The minimum absolute atomic E-state index is 0.638. The highest BCUT2D eigenvalue weighted by atomic mass is 14.2. The van der Waals surface area contributed by atoms with Crippen LogP contribution in [0.3, 0.4) is 0 Å². The SMILES string of the molecule is [CH2]C(CC)C1/C=C\CCCCC1. The van der Waals surface area contributed by atoms with E-state index in [0.717, 1.165) is 5.92 Å². The molecule has 69 valence electrons. The van der Waals surface area contributed by atoms with Crippen molar-refractivity contribution >= 4 is 0 Å². The quantitative estimate of drug-likeness (QED) is 0.543. The summed E-state index contributed by atoms with van der Waals surface area (Å²) in [6, 6.07) is 0. The molecule has 1 aliphatic carbocycles. The van der Waals surface area contributed by atoms with E-state index in [2.05, 4.69) is 26.0 Å². The lowest BCUT2D eigenvalue weighted by atomic mass is 9.85. The van der Waals surface area contributed by atoms with Crippen LogP contribution in [0.5, 0.6) is 0 Å². The summed E-state index contributed by atoms with van der Waals surface area (Å²) < 4.78 is 0. The third-order valence-corrected chi connectivity index (χ3v) is 2.92. The van der Waals surface area contributed by atoms with Gasteiger partial charge in [-0.25, -0.2) is 0 Å². The van der Waals surface area contributed by atoms with Gasteiger partial charge in [-0.05, 0) is 38.0 Å². The maximum Gasteiger partial charge on any atom is -0.0205 e. The van der Waals surface area contributed by atoms with E-state index in [0.29, 0.717) is 5.92 Å². The molecule has 0 N–H and O–H groups in total. The Hall–Kier alpha value is -0.260. The van der Waals surface area contributed by atoms with Crippen molar-refractivity contribution in [3.63, 3.8) is 0 Å². The number of hydrogen-bond donors (Lipinski definition) is 0. The van der Waals surface area contributed by atoms with Gasteiger partial charge in [-0.15, -0.1) is 0 Å². The summed E-state index contributed by atoms with van der Waals surface area (Å²) in [6.45, 7) is 6.44. The normalized spacial score (nSPS) is 30.3. The molecule has 0 amide bonds. The van der Waals surface area contributed by atoms with Crippen LogP contribution in [0.4, 0.5) is 0 Å². The molecule has 0 spiro atoms. The van der Waals surface area contributed by atoms with Crippen LogP contribution < -0.4 is 0 Å². The maximum atomic E-state index is 4.20. The van der Waals surface area contributed by atoms with Gasteiger partial charge in [0.05, 0.1) is 0 Å². The summed E-state index contributed by atoms with van der Waals surface area (Å²) in [6.07, 6.45) is 12.8. The fourth-order valence-electron chi connectivity index (χ4n) is 1.88. The van der Waals surface area contributed by atoms with E-state index in [1.807, 2.05) is 0 Å². The van der Waals surface area contributed by atoms with E-state index < -0.39 is 0 Å². The monoisotopic (exact) mass is 165 g/mol. The molecule has 0 nitrogen and oxygen atoms in total. The van der Waals surface area contributed by atoms with Crippen molar-refractivity contribution in [3.05, 3.63) is 19.1 Å². The van der Waals surface area contributed by atoms with Crippen LogP contribution in [0, 0.1) is 18.8 Å². The Balaban J connectivity index is 2.43. The molecule has 0 heteroatoms. The second kappa shape index (κ2) is 5.40. The first kappa shape index (κ1) is 9.83. The molecule has 0 bridgehead atoms. The zero-order chi connectivity index (χ0) is 8.81. The summed E-state index contributed by atoms with van der Waals surface area (Å²) in [5.41, 5.74) is 0. The molecular formula is C12H21. The van der Waals surface area contributed by atoms with Crippen LogP contribution >= 0.6 is 0 Å². The fraction of sp³-hybridized carbons (Fsp3) is 0.750. The molecule has 1 radical (unpaired) electrons. The predicted octanol–water partition coefficient (Wildman–Crippen LogP) is 3.98. The van der Waals surface area contributed by atoms with Crippen molar-refractivity contribution in [1.82, 2.24) is 0 Å². The van der Waals surface area contributed by atoms with Crippen molar-refractivity contribution in [3.8, 4) is 0 Å². The van der Waals surface area contributed by atoms with E-state index >= 15 is 0 Å². The second-order valence-corrected chi connectivity index (χ2v) is 3.90. The molecule has 0 aromatic carbocycles. The van der Waals surface area contributed by atoms with Gasteiger partial charge in [0.1, 0.15) is 0 Å². The first-order chi connectivity index (χ1) is 5.84. The van der Waals surface area contributed by atoms with Crippen LogP contribution in [-0.2, 0) is 0 Å². The van der Waals surface area contributed by atoms with Crippen LogP contribution in [-0.4, -0.2) is 0 Å². The van der Waals surface area contributed by atoms with Crippen LogP contribution in [0.25, 0.3) is 0 Å². The van der Waals surface area contributed by atoms with E-state index in [1.165, 1.54) is 38.5 Å². The van der Waals surface area contributed by atoms with E-state index in [-0.39, 0.29) is 0 Å². The van der Waals surface area contributed by atoms with Crippen molar-refractivity contribution in [2.75, 3.05) is 0 Å². The van der Waals surface area contributed by atoms with Crippen LogP contribution in [0.15, 0.2) is 12.2 Å². The number of allylic oxidation sites excluding steroid dienone is 2. The zero-order valence-corrected chi connectivity index (χ0v) is 8.26. The summed E-state index contributed by atoms with van der Waals surface area (Å²) in [5, 5.41) is 0. The van der Waals surface area contributed by atoms with Crippen LogP contribution in [0.2, 0.25) is 0 Å². The van der Waals surface area contributed by atoms with Crippen molar-refractivity contribution in [2.45, 2.75) is 45.4 Å². The molecule has 0 aliphatic heterocycles. The van der Waals surface area contributed by atoms with Gasteiger partial charge in [-0.2, -0.15) is 0 Å². The summed E-state index contributed by atoms with van der Waals surface area (Å²) in [4.78, 5) is 0. The Morgan fingerprint density at radius 1 is 1.42 bits per heavy atom. The van der Waals surface area contributed by atoms with Gasteiger partial charge in [0.2, 0.25) is 0 Å². The summed E-state index contributed by atoms with van der Waals surface area (Å²) in [5.74, 6) is 1.40. The highest BCUT2D eigenvalue weighted by molar-refractivity contribution is 4.93. The predicted molar refractivity (Wildman–Crippen MR) is 54.9 cm³/mol. The highest BCUT2D eigenvalue weighted by Crippen LogP contribution is 2.25. The molecular weight excluding hydrogens is 144 g/mol. The molecule has 0 fully saturated rings. The molecule has 1 aliphatic rings. The molecule has 0 aromatic heterocycles. The molecule has 0 aromatic rings. The zero-order valence-electron chi connectivity index (χ0n) is 8.26. The Morgan fingerprint density at radius 2 is 2.25 bits per heavy atom. The van der Waals surface area contributed by atoms with Gasteiger partial charge < -0.3 is 0 Å². The highest BCUT2D eigenvalue weighted by Gasteiger charge is 2.12. The number of hydrogen-bond acceptors (Lipinski definition) is 0. The maximum absolute atomic E-state index is 4.20. The Morgan fingerprint density at radius 3 is 3.00 bits per heavy atom. The topological polar surface area (TPSA) is 0 Å². The first-order valence-electron chi connectivity index (χ1n) is 5.34. The van der Waals surface area contributed by atoms with E-state index in [9.17, 15) is 0 Å². The van der Waals surface area contributed by atoms with Gasteiger partial charge in [0.25, 0.3) is 0 Å². The standard InChI is InChI=1S/C12H21/c1-3-11(2)12-9-7-5-4-6-8-10-12/h7,9,11-12H,2-6,8,10H2,1H3/b9-7-. The second-order valence-electron chi connectivity index (χ2n) is 3.90. The van der Waals surface area contributed by atoms with Crippen molar-refractivity contribution < 1.29 is 0 Å². The smallest absolute Gasteiger partial charge is 0.0205 e. The third kappa shape index (κ3) is 3.00. The minimum Gasteiger partial charge on any atom is -0.0882 e. The molecule has 0 heterocycles. The Labute approximate surface area is 77.1 Å². The average Bonchev–Trinajstić information content (AvgIpc) is 2.02. The van der Waals surface area contributed by atoms with Gasteiger partial charge >= 0.3 is 0 Å². The number of rotatable bonds is 2. The van der Waals surface area contributed by atoms with Crippen molar-refractivity contribution in [1.29, 1.82) is 0 Å². The first-order valence-corrected chi connectivity index (χ1v) is 5.34. The molecule has 0 saturated heterocycles. The van der Waals surface area contributed by atoms with Gasteiger partial charge in [-0.1, -0.05) is 38.3 Å². The lowest BCUT2D eigenvalue weighted by Gasteiger charge is -2.20. The molecule has 2 atom stereocenters. The molecule has 12 heavy (non-hydrogen) atoms. The molecule has 2 unspecified atom stereocenters. The van der Waals surface area contributed by atoms with Gasteiger partial charge in [-0.3, -0.25) is 0 Å². The fourth-order valence-corrected chi connectivity index (χ4v) is 1.88. The lowest BCUT2D eigenvalue weighted by Crippen LogP contribution is -2.09. The lowest BCUT2D eigenvalue weighted by molar-refractivity contribution is 0.405. The molecule has 0 saturated carbocycles. The summed E-state index contributed by atoms with van der Waals surface area (Å²) in [7, 11) is 0. The van der Waals surface area contributed by atoms with Crippen LogP contribution in [0.1, 0.15) is 45.4 Å². The molecule has 1 rings (SSSR count). The van der Waals surface area contributed by atoms with E-state index in [1.54, 1.807) is 0 Å². The Bertz CT molecular complexity index is 135. The largest absolute Gasteiger partial charge is 0.0882 e. The average molecular weight is 165 g/mol. The Kier molecular flexibility index (Phi) is 4.42. The van der Waals surface area contributed by atoms with Crippen molar-refractivity contribution in [2.24, 2.45) is 11.8 Å². The van der Waals surface area contributed by atoms with Gasteiger partial charge in [0, 0.05) is 0 Å². The third-order valence-electron chi connectivity index (χ3n) is 2.92.